The average molecular weight is 222 g/mol. The first-order valence-corrected chi connectivity index (χ1v) is 6.11. The summed E-state index contributed by atoms with van der Waals surface area (Å²) in [6.45, 7) is 2.86. The Morgan fingerprint density at radius 1 is 1.53 bits per heavy atom. The van der Waals surface area contributed by atoms with Crippen LogP contribution in [0.15, 0.2) is 24.3 Å². The zero-order valence-electron chi connectivity index (χ0n) is 8.69. The Morgan fingerprint density at radius 3 is 3.07 bits per heavy atom. The fourth-order valence-corrected chi connectivity index (χ4v) is 2.44. The van der Waals surface area contributed by atoms with E-state index in [1.54, 1.807) is 11.8 Å². The quantitative estimate of drug-likeness (QED) is 0.792. The molecule has 0 aromatic heterocycles. The van der Waals surface area contributed by atoms with E-state index in [0.717, 1.165) is 29.4 Å². The van der Waals surface area contributed by atoms with Crippen molar-refractivity contribution in [3.63, 3.8) is 0 Å². The molecule has 3 nitrogen and oxygen atoms in total. The molecule has 1 heterocycles. The lowest BCUT2D eigenvalue weighted by Crippen LogP contribution is -2.32. The summed E-state index contributed by atoms with van der Waals surface area (Å²) in [6.07, 6.45) is 0. The number of benzene rings is 1. The molecule has 1 aromatic rings. The molecule has 0 spiro atoms. The maximum Gasteiger partial charge on any atom is 0.322 e. The lowest BCUT2D eigenvalue weighted by Gasteiger charge is -2.15. The standard InChI is InChI=1S/C11H14N2OS/c1-9-3-2-4-10(7-9)12-11(14)13-5-6-15-8-13/h2-4,7H,5-6,8H2,1H3,(H,12,14). The highest BCUT2D eigenvalue weighted by atomic mass is 32.2. The number of rotatable bonds is 1. The van der Waals surface area contributed by atoms with Crippen molar-refractivity contribution in [1.29, 1.82) is 0 Å². The molecule has 1 aliphatic heterocycles. The minimum absolute atomic E-state index is 0.00519. The van der Waals surface area contributed by atoms with Gasteiger partial charge in [0.15, 0.2) is 0 Å². The Kier molecular flexibility index (Phi) is 3.16. The molecule has 0 aliphatic carbocycles. The van der Waals surface area contributed by atoms with Gasteiger partial charge in [-0.2, -0.15) is 0 Å². The van der Waals surface area contributed by atoms with Crippen molar-refractivity contribution in [3.8, 4) is 0 Å². The number of nitrogens with one attached hydrogen (secondary N) is 1. The van der Waals surface area contributed by atoms with Crippen LogP contribution in [0.5, 0.6) is 0 Å². The molecule has 0 atom stereocenters. The fourth-order valence-electron chi connectivity index (χ4n) is 1.50. The SMILES string of the molecule is Cc1cccc(NC(=O)N2CCSC2)c1. The molecular weight excluding hydrogens is 208 g/mol. The van der Waals surface area contributed by atoms with Gasteiger partial charge < -0.3 is 10.2 Å². The van der Waals surface area contributed by atoms with Gasteiger partial charge in [-0.3, -0.25) is 0 Å². The van der Waals surface area contributed by atoms with Crippen molar-refractivity contribution >= 4 is 23.5 Å². The number of hydrogen-bond donors (Lipinski definition) is 1. The molecule has 0 bridgehead atoms. The normalized spacial score (nSPS) is 15.4. The van der Waals surface area contributed by atoms with Crippen molar-refractivity contribution < 1.29 is 4.79 Å². The molecule has 0 radical (unpaired) electrons. The number of thioether (sulfide) groups is 1. The zero-order chi connectivity index (χ0) is 10.7. The Hall–Kier alpha value is -1.16. The van der Waals surface area contributed by atoms with Gasteiger partial charge in [0.05, 0.1) is 5.88 Å². The summed E-state index contributed by atoms with van der Waals surface area (Å²) in [5, 5.41) is 2.90. The van der Waals surface area contributed by atoms with E-state index in [-0.39, 0.29) is 6.03 Å². The summed E-state index contributed by atoms with van der Waals surface area (Å²) in [5.41, 5.74) is 2.03. The number of aryl methyl sites for hydroxylation is 1. The smallest absolute Gasteiger partial charge is 0.314 e. The molecule has 1 aromatic carbocycles. The lowest BCUT2D eigenvalue weighted by molar-refractivity contribution is 0.225. The molecule has 15 heavy (non-hydrogen) atoms. The lowest BCUT2D eigenvalue weighted by atomic mass is 10.2. The average Bonchev–Trinajstić information content (AvgIpc) is 2.70. The zero-order valence-corrected chi connectivity index (χ0v) is 9.51. The number of carbonyl (C=O) groups is 1. The number of nitrogens with zero attached hydrogens (tertiary/aromatic N) is 1. The predicted molar refractivity (Wildman–Crippen MR) is 64.2 cm³/mol. The van der Waals surface area contributed by atoms with Gasteiger partial charge in [-0.05, 0) is 24.6 Å². The topological polar surface area (TPSA) is 32.3 Å². The van der Waals surface area contributed by atoms with Gasteiger partial charge in [0.25, 0.3) is 0 Å². The number of anilines is 1. The summed E-state index contributed by atoms with van der Waals surface area (Å²) in [6, 6.07) is 7.85. The Balaban J connectivity index is 1.99. The number of carbonyl (C=O) groups excluding carboxylic acids is 1. The second kappa shape index (κ2) is 4.57. The minimum atomic E-state index is 0.00519. The van der Waals surface area contributed by atoms with Gasteiger partial charge >= 0.3 is 6.03 Å². The van der Waals surface area contributed by atoms with E-state index >= 15 is 0 Å². The Morgan fingerprint density at radius 2 is 2.40 bits per heavy atom. The van der Waals surface area contributed by atoms with Crippen LogP contribution in [0.3, 0.4) is 0 Å². The van der Waals surface area contributed by atoms with Crippen LogP contribution in [-0.2, 0) is 0 Å². The fraction of sp³-hybridized carbons (Fsp3) is 0.364. The van der Waals surface area contributed by atoms with Crippen LogP contribution in [0, 0.1) is 6.92 Å². The van der Waals surface area contributed by atoms with E-state index in [2.05, 4.69) is 5.32 Å². The number of amides is 2. The highest BCUT2D eigenvalue weighted by molar-refractivity contribution is 7.99. The van der Waals surface area contributed by atoms with Crippen molar-refractivity contribution in [2.24, 2.45) is 0 Å². The van der Waals surface area contributed by atoms with Crippen LogP contribution in [0.25, 0.3) is 0 Å². The maximum absolute atomic E-state index is 11.7. The molecule has 2 amide bonds. The van der Waals surface area contributed by atoms with Crippen LogP contribution >= 0.6 is 11.8 Å². The highest BCUT2D eigenvalue weighted by Gasteiger charge is 2.17. The summed E-state index contributed by atoms with van der Waals surface area (Å²) in [7, 11) is 0. The molecule has 2 rings (SSSR count). The van der Waals surface area contributed by atoms with Gasteiger partial charge in [0.2, 0.25) is 0 Å². The van der Waals surface area contributed by atoms with Gasteiger partial charge in [-0.15, -0.1) is 11.8 Å². The first-order chi connectivity index (χ1) is 7.25. The number of urea groups is 1. The van der Waals surface area contributed by atoms with Crippen LogP contribution in [0.1, 0.15) is 5.56 Å². The van der Waals surface area contributed by atoms with E-state index in [0.29, 0.717) is 0 Å². The van der Waals surface area contributed by atoms with Crippen LogP contribution in [0.4, 0.5) is 10.5 Å². The van der Waals surface area contributed by atoms with Gasteiger partial charge in [0.1, 0.15) is 0 Å². The third kappa shape index (κ3) is 2.65. The molecular formula is C11H14N2OS. The van der Waals surface area contributed by atoms with Crippen LogP contribution in [-0.4, -0.2) is 29.1 Å². The molecule has 80 valence electrons. The third-order valence-electron chi connectivity index (χ3n) is 2.31. The van der Waals surface area contributed by atoms with E-state index in [1.165, 1.54) is 0 Å². The Bertz CT molecular complexity index is 361. The second-order valence-electron chi connectivity index (χ2n) is 3.60. The van der Waals surface area contributed by atoms with Crippen LogP contribution in [0.2, 0.25) is 0 Å². The number of hydrogen-bond acceptors (Lipinski definition) is 2. The molecule has 1 N–H and O–H groups in total. The molecule has 0 saturated carbocycles. The minimum Gasteiger partial charge on any atom is -0.314 e. The van der Waals surface area contributed by atoms with E-state index in [4.69, 9.17) is 0 Å². The van der Waals surface area contributed by atoms with Gasteiger partial charge in [-0.25, -0.2) is 4.79 Å². The maximum atomic E-state index is 11.7. The molecule has 0 unspecified atom stereocenters. The third-order valence-corrected chi connectivity index (χ3v) is 3.27. The van der Waals surface area contributed by atoms with E-state index < -0.39 is 0 Å². The molecule has 4 heteroatoms. The van der Waals surface area contributed by atoms with Crippen molar-refractivity contribution in [1.82, 2.24) is 4.90 Å². The van der Waals surface area contributed by atoms with Crippen molar-refractivity contribution in [2.75, 3.05) is 23.5 Å². The van der Waals surface area contributed by atoms with Gasteiger partial charge in [0, 0.05) is 18.0 Å². The van der Waals surface area contributed by atoms with Crippen molar-refractivity contribution in [2.45, 2.75) is 6.92 Å². The molecule has 1 saturated heterocycles. The van der Waals surface area contributed by atoms with Crippen LogP contribution < -0.4 is 5.32 Å². The molecule has 1 fully saturated rings. The summed E-state index contributed by atoms with van der Waals surface area (Å²) in [4.78, 5) is 13.6. The Labute approximate surface area is 93.8 Å². The van der Waals surface area contributed by atoms with Gasteiger partial charge in [-0.1, -0.05) is 12.1 Å². The monoisotopic (exact) mass is 222 g/mol. The summed E-state index contributed by atoms with van der Waals surface area (Å²) in [5.74, 6) is 1.85. The van der Waals surface area contributed by atoms with E-state index in [1.807, 2.05) is 36.1 Å². The highest BCUT2D eigenvalue weighted by Crippen LogP contribution is 2.16. The first kappa shape index (κ1) is 10.4. The summed E-state index contributed by atoms with van der Waals surface area (Å²) < 4.78 is 0. The predicted octanol–water partition coefficient (Wildman–Crippen LogP) is 2.53. The summed E-state index contributed by atoms with van der Waals surface area (Å²) >= 11 is 1.79. The van der Waals surface area contributed by atoms with E-state index in [9.17, 15) is 4.79 Å². The molecule has 1 aliphatic rings. The first-order valence-electron chi connectivity index (χ1n) is 4.96. The largest absolute Gasteiger partial charge is 0.322 e. The van der Waals surface area contributed by atoms with Crippen molar-refractivity contribution in [3.05, 3.63) is 29.8 Å². The second-order valence-corrected chi connectivity index (χ2v) is 4.68.